The van der Waals surface area contributed by atoms with E-state index >= 15 is 0 Å². The van der Waals surface area contributed by atoms with E-state index in [-0.39, 0.29) is 5.60 Å². The Kier molecular flexibility index (Phi) is 4.73. The molecule has 25 heavy (non-hydrogen) atoms. The minimum atomic E-state index is -0.0434. The molecule has 2 heterocycles. The molecular formula is C21H27N3O. The van der Waals surface area contributed by atoms with Gasteiger partial charge < -0.3 is 10.1 Å². The third kappa shape index (κ3) is 3.70. The van der Waals surface area contributed by atoms with Crippen molar-refractivity contribution in [3.05, 3.63) is 59.9 Å². The molecule has 0 saturated heterocycles. The molecule has 1 aromatic carbocycles. The van der Waals surface area contributed by atoms with Gasteiger partial charge in [-0.05, 0) is 50.4 Å². The van der Waals surface area contributed by atoms with Crippen LogP contribution < -0.4 is 10.1 Å². The summed E-state index contributed by atoms with van der Waals surface area (Å²) in [5.41, 5.74) is 2.51. The highest BCUT2D eigenvalue weighted by Gasteiger charge is 2.39. The van der Waals surface area contributed by atoms with Gasteiger partial charge in [-0.3, -0.25) is 9.88 Å². The average molecular weight is 337 g/mol. The second kappa shape index (κ2) is 7.14. The molecule has 1 aromatic heterocycles. The fraction of sp³-hybridized carbons (Fsp3) is 0.476. The lowest BCUT2D eigenvalue weighted by Crippen LogP contribution is -2.50. The zero-order valence-corrected chi connectivity index (χ0v) is 14.9. The Hall–Kier alpha value is -1.91. The van der Waals surface area contributed by atoms with Crippen molar-refractivity contribution in [2.24, 2.45) is 0 Å². The number of ether oxygens (including phenoxy) is 1. The first-order valence-corrected chi connectivity index (χ1v) is 9.31. The van der Waals surface area contributed by atoms with Crippen molar-refractivity contribution >= 4 is 0 Å². The number of nitrogens with zero attached hydrogens (tertiary/aromatic N) is 2. The monoisotopic (exact) mass is 337 g/mol. The highest BCUT2D eigenvalue weighted by Crippen LogP contribution is 2.37. The van der Waals surface area contributed by atoms with Gasteiger partial charge in [0.1, 0.15) is 11.4 Å². The summed E-state index contributed by atoms with van der Waals surface area (Å²) in [5, 5.41) is 3.60. The van der Waals surface area contributed by atoms with Gasteiger partial charge in [-0.1, -0.05) is 24.3 Å². The molecule has 132 valence electrons. The van der Waals surface area contributed by atoms with E-state index in [0.717, 1.165) is 38.2 Å². The molecular weight excluding hydrogens is 310 g/mol. The van der Waals surface area contributed by atoms with Crippen LogP contribution >= 0.6 is 0 Å². The maximum Gasteiger partial charge on any atom is 0.124 e. The lowest BCUT2D eigenvalue weighted by atomic mass is 9.81. The molecule has 4 heteroatoms. The minimum Gasteiger partial charge on any atom is -0.486 e. The number of aromatic nitrogens is 1. The maximum absolute atomic E-state index is 6.54. The van der Waals surface area contributed by atoms with E-state index in [1.807, 2.05) is 18.5 Å². The summed E-state index contributed by atoms with van der Waals surface area (Å²) in [7, 11) is 2.23. The Labute approximate surface area is 150 Å². The van der Waals surface area contributed by atoms with E-state index in [1.165, 1.54) is 24.0 Å². The molecule has 2 aliphatic rings. The fourth-order valence-electron chi connectivity index (χ4n) is 4.20. The van der Waals surface area contributed by atoms with Crippen molar-refractivity contribution in [3.8, 4) is 5.75 Å². The minimum absolute atomic E-state index is 0.0434. The molecule has 0 unspecified atom stereocenters. The average Bonchev–Trinajstić information content (AvgIpc) is 2.82. The predicted molar refractivity (Wildman–Crippen MR) is 99.5 cm³/mol. The molecule has 4 nitrogen and oxygen atoms in total. The standard InChI is InChI=1S/C21H27N3O/c1-24(15-17-5-4-12-22-13-17)19-8-10-21(11-9-19)16-23-14-18-6-2-3-7-20(18)25-21/h2-7,12-13,19,23H,8-11,14-16H2,1H3. The van der Waals surface area contributed by atoms with Crippen LogP contribution in [0.5, 0.6) is 5.75 Å². The second-order valence-corrected chi connectivity index (χ2v) is 7.50. The highest BCUT2D eigenvalue weighted by atomic mass is 16.5. The van der Waals surface area contributed by atoms with E-state index in [0.29, 0.717) is 6.04 Å². The Morgan fingerprint density at radius 1 is 1.20 bits per heavy atom. The van der Waals surface area contributed by atoms with Crippen LogP contribution in [0.25, 0.3) is 0 Å². The van der Waals surface area contributed by atoms with E-state index in [4.69, 9.17) is 4.74 Å². The summed E-state index contributed by atoms with van der Waals surface area (Å²) < 4.78 is 6.54. The van der Waals surface area contributed by atoms with Crippen LogP contribution in [0, 0.1) is 0 Å². The van der Waals surface area contributed by atoms with Crippen molar-refractivity contribution in [1.82, 2.24) is 15.2 Å². The highest BCUT2D eigenvalue weighted by molar-refractivity contribution is 5.35. The Morgan fingerprint density at radius 3 is 2.84 bits per heavy atom. The van der Waals surface area contributed by atoms with Gasteiger partial charge in [0.15, 0.2) is 0 Å². The van der Waals surface area contributed by atoms with Crippen molar-refractivity contribution in [1.29, 1.82) is 0 Å². The zero-order valence-electron chi connectivity index (χ0n) is 14.9. The van der Waals surface area contributed by atoms with Crippen LogP contribution in [0.4, 0.5) is 0 Å². The molecule has 1 N–H and O–H groups in total. The fourth-order valence-corrected chi connectivity index (χ4v) is 4.20. The van der Waals surface area contributed by atoms with E-state index in [1.54, 1.807) is 0 Å². The number of fused-ring (bicyclic) bond motifs is 1. The molecule has 1 saturated carbocycles. The van der Waals surface area contributed by atoms with Gasteiger partial charge in [0, 0.05) is 43.6 Å². The molecule has 0 atom stereocenters. The summed E-state index contributed by atoms with van der Waals surface area (Å²) >= 11 is 0. The van der Waals surface area contributed by atoms with Crippen LogP contribution in [0.1, 0.15) is 36.8 Å². The van der Waals surface area contributed by atoms with Crippen LogP contribution in [0.3, 0.4) is 0 Å². The summed E-state index contributed by atoms with van der Waals surface area (Å²) in [6.45, 7) is 2.82. The van der Waals surface area contributed by atoms with Gasteiger partial charge in [-0.15, -0.1) is 0 Å². The van der Waals surface area contributed by atoms with Crippen LogP contribution in [0.2, 0.25) is 0 Å². The number of hydrogen-bond acceptors (Lipinski definition) is 4. The van der Waals surface area contributed by atoms with Crippen molar-refractivity contribution in [2.75, 3.05) is 13.6 Å². The smallest absolute Gasteiger partial charge is 0.124 e. The first-order chi connectivity index (χ1) is 12.2. The van der Waals surface area contributed by atoms with Crippen LogP contribution in [-0.4, -0.2) is 35.1 Å². The molecule has 1 spiro atoms. The Morgan fingerprint density at radius 2 is 2.04 bits per heavy atom. The maximum atomic E-state index is 6.54. The van der Waals surface area contributed by atoms with Crippen molar-refractivity contribution < 1.29 is 4.74 Å². The number of hydrogen-bond donors (Lipinski definition) is 1. The van der Waals surface area contributed by atoms with Crippen molar-refractivity contribution in [2.45, 2.75) is 50.4 Å². The Balaban J connectivity index is 1.39. The van der Waals surface area contributed by atoms with Crippen LogP contribution in [-0.2, 0) is 13.1 Å². The van der Waals surface area contributed by atoms with Gasteiger partial charge in [0.2, 0.25) is 0 Å². The number of rotatable bonds is 3. The lowest BCUT2D eigenvalue weighted by molar-refractivity contribution is 0.00872. The summed E-state index contributed by atoms with van der Waals surface area (Å²) in [6.07, 6.45) is 8.38. The number of pyridine rings is 1. The van der Waals surface area contributed by atoms with Gasteiger partial charge in [0.25, 0.3) is 0 Å². The third-order valence-electron chi connectivity index (χ3n) is 5.71. The van der Waals surface area contributed by atoms with Gasteiger partial charge >= 0.3 is 0 Å². The van der Waals surface area contributed by atoms with E-state index < -0.39 is 0 Å². The third-order valence-corrected chi connectivity index (χ3v) is 5.71. The zero-order chi connectivity index (χ0) is 17.1. The summed E-state index contributed by atoms with van der Waals surface area (Å²) in [6, 6.07) is 13.2. The molecule has 0 amide bonds. The quantitative estimate of drug-likeness (QED) is 0.932. The summed E-state index contributed by atoms with van der Waals surface area (Å²) in [5.74, 6) is 1.06. The SMILES string of the molecule is CN(Cc1cccnc1)C1CCC2(CC1)CNCc1ccccc1O2. The first kappa shape index (κ1) is 16.6. The molecule has 0 bridgehead atoms. The lowest BCUT2D eigenvalue weighted by Gasteiger charge is -2.42. The van der Waals surface area contributed by atoms with Crippen molar-refractivity contribution in [3.63, 3.8) is 0 Å². The number of nitrogens with one attached hydrogen (secondary N) is 1. The number of para-hydroxylation sites is 1. The van der Waals surface area contributed by atoms with Crippen LogP contribution in [0.15, 0.2) is 48.8 Å². The molecule has 1 fully saturated rings. The first-order valence-electron chi connectivity index (χ1n) is 9.31. The molecule has 4 rings (SSSR count). The van der Waals surface area contributed by atoms with Gasteiger partial charge in [-0.2, -0.15) is 0 Å². The predicted octanol–water partition coefficient (Wildman–Crippen LogP) is 3.38. The van der Waals surface area contributed by atoms with Gasteiger partial charge in [-0.25, -0.2) is 0 Å². The second-order valence-electron chi connectivity index (χ2n) is 7.50. The molecule has 2 aromatic rings. The number of benzene rings is 1. The largest absolute Gasteiger partial charge is 0.486 e. The topological polar surface area (TPSA) is 37.4 Å². The van der Waals surface area contributed by atoms with E-state index in [9.17, 15) is 0 Å². The molecule has 1 aliphatic carbocycles. The summed E-state index contributed by atoms with van der Waals surface area (Å²) in [4.78, 5) is 6.70. The molecule has 1 aliphatic heterocycles. The molecule has 0 radical (unpaired) electrons. The van der Waals surface area contributed by atoms with Gasteiger partial charge in [0.05, 0.1) is 0 Å². The normalized spacial score (nSPS) is 26.1. The van der Waals surface area contributed by atoms with E-state index in [2.05, 4.69) is 52.6 Å². The Bertz CT molecular complexity index is 695.